The number of nitrogens with one attached hydrogen (secondary N) is 1. The molecule has 0 aliphatic heterocycles. The van der Waals surface area contributed by atoms with E-state index >= 15 is 0 Å². The van der Waals surface area contributed by atoms with Crippen molar-refractivity contribution in [3.8, 4) is 0 Å². The Bertz CT molecular complexity index is 519. The molecule has 6 heteroatoms. The van der Waals surface area contributed by atoms with Gasteiger partial charge >= 0.3 is 5.97 Å². The molecule has 1 aromatic rings. The van der Waals surface area contributed by atoms with E-state index in [9.17, 15) is 9.59 Å². The monoisotopic (exact) mass is 282 g/mol. The maximum absolute atomic E-state index is 11.0. The van der Waals surface area contributed by atoms with Crippen LogP contribution in [0.25, 0.3) is 0 Å². The third-order valence-electron chi connectivity index (χ3n) is 3.40. The lowest BCUT2D eigenvalue weighted by Gasteiger charge is -2.15. The molecule has 5 nitrogen and oxygen atoms in total. The SMILES string of the molecule is NC(=O)c1ccc(NC2CCC(C(=O)O)C2)c(Cl)c1. The Balaban J connectivity index is 2.04. The molecule has 1 amide bonds. The molecule has 0 spiro atoms. The third-order valence-corrected chi connectivity index (χ3v) is 3.71. The van der Waals surface area contributed by atoms with Crippen molar-refractivity contribution in [1.82, 2.24) is 0 Å². The number of carboxylic acids is 1. The number of carbonyl (C=O) groups is 2. The van der Waals surface area contributed by atoms with Gasteiger partial charge in [0.1, 0.15) is 0 Å². The van der Waals surface area contributed by atoms with Gasteiger partial charge in [-0.2, -0.15) is 0 Å². The van der Waals surface area contributed by atoms with Gasteiger partial charge in [0.2, 0.25) is 5.91 Å². The molecule has 1 fully saturated rings. The molecule has 2 atom stereocenters. The number of hydrogen-bond donors (Lipinski definition) is 3. The van der Waals surface area contributed by atoms with Crippen LogP contribution in [0.5, 0.6) is 0 Å². The number of carboxylic acid groups (broad SMARTS) is 1. The van der Waals surface area contributed by atoms with E-state index < -0.39 is 11.9 Å². The van der Waals surface area contributed by atoms with Crippen LogP contribution >= 0.6 is 11.6 Å². The highest BCUT2D eigenvalue weighted by Crippen LogP contribution is 2.31. The van der Waals surface area contributed by atoms with Crippen LogP contribution in [0.15, 0.2) is 18.2 Å². The molecule has 0 radical (unpaired) electrons. The van der Waals surface area contributed by atoms with Gasteiger partial charge in [-0.15, -0.1) is 0 Å². The lowest BCUT2D eigenvalue weighted by atomic mass is 10.1. The standard InChI is InChI=1S/C13H15ClN2O3/c14-10-6-7(12(15)17)2-4-11(10)16-9-3-1-8(5-9)13(18)19/h2,4,6,8-9,16H,1,3,5H2,(H2,15,17)(H,18,19). The van der Waals surface area contributed by atoms with E-state index in [-0.39, 0.29) is 12.0 Å². The van der Waals surface area contributed by atoms with E-state index in [4.69, 9.17) is 22.4 Å². The summed E-state index contributed by atoms with van der Waals surface area (Å²) in [5.41, 5.74) is 6.21. The second-order valence-corrected chi connectivity index (χ2v) is 5.16. The van der Waals surface area contributed by atoms with Crippen molar-refractivity contribution >= 4 is 29.2 Å². The Labute approximate surface area is 115 Å². The Morgan fingerprint density at radius 3 is 2.63 bits per heavy atom. The quantitative estimate of drug-likeness (QED) is 0.788. The number of nitrogens with two attached hydrogens (primary N) is 1. The van der Waals surface area contributed by atoms with Crippen LogP contribution in [-0.4, -0.2) is 23.0 Å². The van der Waals surface area contributed by atoms with Crippen molar-refractivity contribution in [2.45, 2.75) is 25.3 Å². The van der Waals surface area contributed by atoms with Crippen molar-refractivity contribution in [3.05, 3.63) is 28.8 Å². The van der Waals surface area contributed by atoms with E-state index in [2.05, 4.69) is 5.32 Å². The molecule has 2 unspecified atom stereocenters. The van der Waals surface area contributed by atoms with Crippen molar-refractivity contribution in [2.24, 2.45) is 11.7 Å². The first-order valence-corrected chi connectivity index (χ1v) is 6.44. The highest BCUT2D eigenvalue weighted by Gasteiger charge is 2.29. The molecular weight excluding hydrogens is 268 g/mol. The van der Waals surface area contributed by atoms with Crippen LogP contribution in [0.3, 0.4) is 0 Å². The number of anilines is 1. The highest BCUT2D eigenvalue weighted by atomic mass is 35.5. The zero-order valence-electron chi connectivity index (χ0n) is 10.2. The summed E-state index contributed by atoms with van der Waals surface area (Å²) in [5, 5.41) is 12.6. The predicted molar refractivity (Wildman–Crippen MR) is 72.4 cm³/mol. The van der Waals surface area contributed by atoms with Gasteiger partial charge in [0.15, 0.2) is 0 Å². The van der Waals surface area contributed by atoms with Gasteiger partial charge < -0.3 is 16.2 Å². The second-order valence-electron chi connectivity index (χ2n) is 4.75. The second kappa shape index (κ2) is 5.48. The maximum Gasteiger partial charge on any atom is 0.306 e. The van der Waals surface area contributed by atoms with Gasteiger partial charge in [0.25, 0.3) is 0 Å². The summed E-state index contributed by atoms with van der Waals surface area (Å²) < 4.78 is 0. The van der Waals surface area contributed by atoms with E-state index in [0.29, 0.717) is 29.1 Å². The van der Waals surface area contributed by atoms with Crippen LogP contribution in [0.1, 0.15) is 29.6 Å². The molecule has 2 rings (SSSR count). The van der Waals surface area contributed by atoms with Crippen molar-refractivity contribution in [2.75, 3.05) is 5.32 Å². The predicted octanol–water partition coefficient (Wildman–Crippen LogP) is 2.10. The molecule has 1 aliphatic carbocycles. The molecule has 19 heavy (non-hydrogen) atoms. The summed E-state index contributed by atoms with van der Waals surface area (Å²) in [5.74, 6) is -1.57. The average molecular weight is 283 g/mol. The molecule has 1 saturated carbocycles. The molecule has 0 saturated heterocycles. The lowest BCUT2D eigenvalue weighted by Crippen LogP contribution is -2.18. The van der Waals surface area contributed by atoms with Crippen molar-refractivity contribution in [3.63, 3.8) is 0 Å². The molecule has 0 bridgehead atoms. The summed E-state index contributed by atoms with van der Waals surface area (Å²) in [6.07, 6.45) is 2.05. The van der Waals surface area contributed by atoms with Crippen LogP contribution < -0.4 is 11.1 Å². The molecule has 1 aromatic carbocycles. The minimum atomic E-state index is -0.750. The zero-order chi connectivity index (χ0) is 14.0. The van der Waals surface area contributed by atoms with Crippen molar-refractivity contribution in [1.29, 1.82) is 0 Å². The number of amides is 1. The van der Waals surface area contributed by atoms with Gasteiger partial charge in [-0.1, -0.05) is 11.6 Å². The zero-order valence-corrected chi connectivity index (χ0v) is 11.0. The van der Waals surface area contributed by atoms with Crippen molar-refractivity contribution < 1.29 is 14.7 Å². The van der Waals surface area contributed by atoms with Gasteiger partial charge in [-0.05, 0) is 37.5 Å². The first-order valence-electron chi connectivity index (χ1n) is 6.06. The summed E-state index contributed by atoms with van der Waals surface area (Å²) in [7, 11) is 0. The number of hydrogen-bond acceptors (Lipinski definition) is 3. The van der Waals surface area contributed by atoms with E-state index in [1.165, 1.54) is 6.07 Å². The number of primary amides is 1. The number of benzene rings is 1. The number of rotatable bonds is 4. The van der Waals surface area contributed by atoms with Crippen LogP contribution in [0.4, 0.5) is 5.69 Å². The normalized spacial score (nSPS) is 22.2. The molecule has 102 valence electrons. The van der Waals surface area contributed by atoms with Gasteiger partial charge in [-0.25, -0.2) is 0 Å². The van der Waals surface area contributed by atoms with Gasteiger partial charge in [-0.3, -0.25) is 9.59 Å². The largest absolute Gasteiger partial charge is 0.481 e. The smallest absolute Gasteiger partial charge is 0.306 e. The number of carbonyl (C=O) groups excluding carboxylic acids is 1. The first kappa shape index (κ1) is 13.7. The molecule has 1 aliphatic rings. The number of aliphatic carboxylic acids is 1. The summed E-state index contributed by atoms with van der Waals surface area (Å²) >= 11 is 6.06. The maximum atomic E-state index is 11.0. The lowest BCUT2D eigenvalue weighted by molar-refractivity contribution is -0.141. The fourth-order valence-electron chi connectivity index (χ4n) is 2.34. The van der Waals surface area contributed by atoms with E-state index in [1.54, 1.807) is 12.1 Å². The van der Waals surface area contributed by atoms with E-state index in [0.717, 1.165) is 6.42 Å². The van der Waals surface area contributed by atoms with Gasteiger partial charge in [0, 0.05) is 11.6 Å². The third kappa shape index (κ3) is 3.17. The molecular formula is C13H15ClN2O3. The molecule has 0 aromatic heterocycles. The highest BCUT2D eigenvalue weighted by molar-refractivity contribution is 6.33. The Kier molecular flexibility index (Phi) is 3.95. The molecule has 0 heterocycles. The number of halogens is 1. The minimum absolute atomic E-state index is 0.0954. The first-order chi connectivity index (χ1) is 8.97. The van der Waals surface area contributed by atoms with Crippen LogP contribution in [0, 0.1) is 5.92 Å². The van der Waals surface area contributed by atoms with Crippen LogP contribution in [0.2, 0.25) is 5.02 Å². The fourth-order valence-corrected chi connectivity index (χ4v) is 2.58. The van der Waals surface area contributed by atoms with E-state index in [1.807, 2.05) is 0 Å². The Morgan fingerprint density at radius 2 is 2.11 bits per heavy atom. The Morgan fingerprint density at radius 1 is 1.37 bits per heavy atom. The van der Waals surface area contributed by atoms with Crippen LogP contribution in [-0.2, 0) is 4.79 Å². The fraction of sp³-hybridized carbons (Fsp3) is 0.385. The average Bonchev–Trinajstić information content (AvgIpc) is 2.80. The topological polar surface area (TPSA) is 92.4 Å². The Hall–Kier alpha value is -1.75. The summed E-state index contributed by atoms with van der Waals surface area (Å²) in [4.78, 5) is 21.9. The summed E-state index contributed by atoms with van der Waals surface area (Å²) in [6, 6.07) is 4.89. The minimum Gasteiger partial charge on any atom is -0.481 e. The molecule has 4 N–H and O–H groups in total. The summed E-state index contributed by atoms with van der Waals surface area (Å²) in [6.45, 7) is 0. The van der Waals surface area contributed by atoms with Gasteiger partial charge in [0.05, 0.1) is 16.6 Å².